The topological polar surface area (TPSA) is 0 Å². The van der Waals surface area contributed by atoms with E-state index in [2.05, 4.69) is 44.9 Å². The monoisotopic (exact) mass is 289 g/mol. The van der Waals surface area contributed by atoms with E-state index >= 15 is 0 Å². The predicted octanol–water partition coefficient (Wildman–Crippen LogP) is -0.556. The maximum Gasteiger partial charge on any atom is 0.132 e. The maximum atomic E-state index is 3.76. The lowest BCUT2D eigenvalue weighted by molar-refractivity contribution is -0.00000267. The third-order valence-electron chi connectivity index (χ3n) is 2.04. The first-order valence-corrected chi connectivity index (χ1v) is 4.16. The van der Waals surface area contributed by atoms with Crippen LogP contribution in [0.4, 0.5) is 5.69 Å². The molecule has 0 spiro atoms. The van der Waals surface area contributed by atoms with Crippen molar-refractivity contribution in [1.29, 1.82) is 0 Å². The van der Waals surface area contributed by atoms with Crippen molar-refractivity contribution in [2.75, 3.05) is 20.6 Å². The quantitative estimate of drug-likeness (QED) is 0.398. The third kappa shape index (κ3) is 3.48. The zero-order chi connectivity index (χ0) is 9.03. The van der Waals surface area contributed by atoms with Gasteiger partial charge in [0.2, 0.25) is 0 Å². The standard InChI is InChI=1S/C11H16N.HI/c1-4-10-12(2,3)11-8-6-5-7-9-11;/h4-9H,1,10H2,2-3H3;1H/q+1;/p-1. The highest BCUT2D eigenvalue weighted by Gasteiger charge is 2.15. The molecule has 13 heavy (non-hydrogen) atoms. The van der Waals surface area contributed by atoms with Gasteiger partial charge in [-0.05, 0) is 18.2 Å². The van der Waals surface area contributed by atoms with E-state index in [1.54, 1.807) is 0 Å². The highest BCUT2D eigenvalue weighted by atomic mass is 127. The Morgan fingerprint density at radius 3 is 2.23 bits per heavy atom. The average Bonchev–Trinajstić information content (AvgIpc) is 2.06. The number of halogens is 1. The van der Waals surface area contributed by atoms with E-state index in [1.165, 1.54) is 5.69 Å². The molecule has 0 aromatic heterocycles. The first-order chi connectivity index (χ1) is 5.67. The van der Waals surface area contributed by atoms with Gasteiger partial charge in [-0.15, -0.1) is 0 Å². The Hall–Kier alpha value is -0.350. The molecule has 1 nitrogen and oxygen atoms in total. The fraction of sp³-hybridized carbons (Fsp3) is 0.273. The van der Waals surface area contributed by atoms with E-state index < -0.39 is 0 Å². The number of quaternary nitrogens is 1. The summed E-state index contributed by atoms with van der Waals surface area (Å²) < 4.78 is 0.865. The largest absolute Gasteiger partial charge is 1.00 e. The normalized spacial score (nSPS) is 10.3. The number of hydrogen-bond acceptors (Lipinski definition) is 0. The van der Waals surface area contributed by atoms with Crippen molar-refractivity contribution in [3.63, 3.8) is 0 Å². The van der Waals surface area contributed by atoms with Gasteiger partial charge >= 0.3 is 0 Å². The molecule has 2 heteroatoms. The van der Waals surface area contributed by atoms with Gasteiger partial charge in [-0.25, -0.2) is 0 Å². The summed E-state index contributed by atoms with van der Waals surface area (Å²) in [6.07, 6.45) is 1.95. The van der Waals surface area contributed by atoms with Crippen LogP contribution in [0.3, 0.4) is 0 Å². The van der Waals surface area contributed by atoms with Gasteiger partial charge in [0, 0.05) is 0 Å². The van der Waals surface area contributed by atoms with Crippen molar-refractivity contribution in [1.82, 2.24) is 4.48 Å². The minimum atomic E-state index is 0. The maximum absolute atomic E-state index is 3.76. The van der Waals surface area contributed by atoms with Crippen molar-refractivity contribution < 1.29 is 24.0 Å². The van der Waals surface area contributed by atoms with E-state index in [9.17, 15) is 0 Å². The van der Waals surface area contributed by atoms with Crippen LogP contribution in [-0.4, -0.2) is 20.6 Å². The molecule has 0 saturated heterocycles. The van der Waals surface area contributed by atoms with Crippen LogP contribution in [0.1, 0.15) is 0 Å². The van der Waals surface area contributed by atoms with E-state index in [0.29, 0.717) is 0 Å². The second kappa shape index (κ2) is 5.40. The Kier molecular flexibility index (Phi) is 5.25. The lowest BCUT2D eigenvalue weighted by atomic mass is 10.2. The number of nitrogens with zero attached hydrogens (tertiary/aromatic N) is 1. The van der Waals surface area contributed by atoms with Crippen LogP contribution >= 0.6 is 0 Å². The minimum absolute atomic E-state index is 0. The molecule has 0 aliphatic carbocycles. The van der Waals surface area contributed by atoms with Crippen LogP contribution in [0.15, 0.2) is 43.0 Å². The molecule has 0 aliphatic rings. The lowest BCUT2D eigenvalue weighted by Crippen LogP contribution is -3.00. The van der Waals surface area contributed by atoms with Crippen molar-refractivity contribution in [2.45, 2.75) is 0 Å². The molecule has 1 aromatic carbocycles. The van der Waals surface area contributed by atoms with Crippen LogP contribution in [0, 0.1) is 0 Å². The molecule has 0 radical (unpaired) electrons. The molecule has 0 saturated carbocycles. The van der Waals surface area contributed by atoms with E-state index in [1.807, 2.05) is 12.1 Å². The molecule has 1 aromatic rings. The number of hydrogen-bond donors (Lipinski definition) is 0. The van der Waals surface area contributed by atoms with Crippen molar-refractivity contribution in [3.8, 4) is 0 Å². The molecule has 0 fully saturated rings. The molecule has 0 bridgehead atoms. The van der Waals surface area contributed by atoms with Gasteiger partial charge in [0.25, 0.3) is 0 Å². The first-order valence-electron chi connectivity index (χ1n) is 4.16. The summed E-state index contributed by atoms with van der Waals surface area (Å²) in [6.45, 7) is 4.72. The van der Waals surface area contributed by atoms with Crippen molar-refractivity contribution >= 4 is 5.69 Å². The smallest absolute Gasteiger partial charge is 0.132 e. The molecular formula is C11H16IN. The highest BCUT2D eigenvalue weighted by Crippen LogP contribution is 2.17. The van der Waals surface area contributed by atoms with Gasteiger partial charge < -0.3 is 24.0 Å². The van der Waals surface area contributed by atoms with Gasteiger partial charge in [-0.2, -0.15) is 0 Å². The van der Waals surface area contributed by atoms with Gasteiger partial charge in [0.1, 0.15) is 12.2 Å². The van der Waals surface area contributed by atoms with Gasteiger partial charge in [0.15, 0.2) is 0 Å². The summed E-state index contributed by atoms with van der Waals surface area (Å²) in [5.74, 6) is 0. The molecule has 72 valence electrons. The SMILES string of the molecule is C=CC[N+](C)(C)c1ccccc1.[I-]. The van der Waals surface area contributed by atoms with Crippen LogP contribution in [0.5, 0.6) is 0 Å². The molecule has 0 unspecified atom stereocenters. The third-order valence-corrected chi connectivity index (χ3v) is 2.04. The Bertz CT molecular complexity index is 254. The molecule has 0 amide bonds. The summed E-state index contributed by atoms with van der Waals surface area (Å²) in [6, 6.07) is 10.5. The Balaban J connectivity index is 0.00000144. The summed E-state index contributed by atoms with van der Waals surface area (Å²) in [5.41, 5.74) is 1.32. The highest BCUT2D eigenvalue weighted by molar-refractivity contribution is 5.41. The molecule has 0 N–H and O–H groups in total. The van der Waals surface area contributed by atoms with Crippen LogP contribution in [-0.2, 0) is 0 Å². The van der Waals surface area contributed by atoms with Crippen LogP contribution in [0.2, 0.25) is 0 Å². The zero-order valence-corrected chi connectivity index (χ0v) is 10.4. The summed E-state index contributed by atoms with van der Waals surface area (Å²) in [5, 5.41) is 0. The van der Waals surface area contributed by atoms with Crippen molar-refractivity contribution in [3.05, 3.63) is 43.0 Å². The Morgan fingerprint density at radius 1 is 1.23 bits per heavy atom. The molecular weight excluding hydrogens is 273 g/mol. The second-order valence-corrected chi connectivity index (χ2v) is 3.49. The molecule has 0 heterocycles. The number of benzene rings is 1. The van der Waals surface area contributed by atoms with Crippen molar-refractivity contribution in [2.24, 2.45) is 0 Å². The van der Waals surface area contributed by atoms with E-state index in [0.717, 1.165) is 11.0 Å². The van der Waals surface area contributed by atoms with E-state index in [-0.39, 0.29) is 24.0 Å². The fourth-order valence-corrected chi connectivity index (χ4v) is 1.26. The Morgan fingerprint density at radius 2 is 1.77 bits per heavy atom. The number of para-hydroxylation sites is 1. The average molecular weight is 289 g/mol. The van der Waals surface area contributed by atoms with Crippen LogP contribution < -0.4 is 28.5 Å². The molecule has 0 atom stereocenters. The summed E-state index contributed by atoms with van der Waals surface area (Å²) >= 11 is 0. The Labute approximate surface area is 97.7 Å². The summed E-state index contributed by atoms with van der Waals surface area (Å²) in [7, 11) is 4.36. The number of likely N-dealkylation sites (N-methyl/N-ethyl adjacent to an activating group) is 1. The zero-order valence-electron chi connectivity index (χ0n) is 8.20. The van der Waals surface area contributed by atoms with E-state index in [4.69, 9.17) is 0 Å². The van der Waals surface area contributed by atoms with Gasteiger partial charge in [-0.3, -0.25) is 4.48 Å². The first kappa shape index (κ1) is 12.7. The lowest BCUT2D eigenvalue weighted by Gasteiger charge is -2.27. The minimum Gasteiger partial charge on any atom is -1.00 e. The second-order valence-electron chi connectivity index (χ2n) is 3.49. The van der Waals surface area contributed by atoms with Gasteiger partial charge in [0.05, 0.1) is 14.1 Å². The predicted molar refractivity (Wildman–Crippen MR) is 55.1 cm³/mol. The molecule has 0 aliphatic heterocycles. The summed E-state index contributed by atoms with van der Waals surface area (Å²) in [4.78, 5) is 0. The number of rotatable bonds is 3. The fourth-order valence-electron chi connectivity index (χ4n) is 1.26. The van der Waals surface area contributed by atoms with Crippen LogP contribution in [0.25, 0.3) is 0 Å². The molecule has 1 rings (SSSR count). The van der Waals surface area contributed by atoms with Gasteiger partial charge in [-0.1, -0.05) is 24.8 Å².